The Bertz CT molecular complexity index is 1940. The maximum atomic E-state index is 13.0. The Balaban J connectivity index is 1.19. The number of amides is 1. The number of aliphatic hydroxyl groups excluding tert-OH is 2. The highest BCUT2D eigenvalue weighted by Gasteiger charge is 2.47. The van der Waals surface area contributed by atoms with Crippen LogP contribution in [-0.4, -0.2) is 84.4 Å². The van der Waals surface area contributed by atoms with E-state index in [4.69, 9.17) is 18.9 Å². The quantitative estimate of drug-likeness (QED) is 0.185. The lowest BCUT2D eigenvalue weighted by molar-refractivity contribution is -0.0946. The molecule has 12 nitrogen and oxygen atoms in total. The summed E-state index contributed by atoms with van der Waals surface area (Å²) in [6.45, 7) is 0.137. The van der Waals surface area contributed by atoms with Crippen LogP contribution in [-0.2, 0) is 15.1 Å². The number of fused-ring (bicyclic) bond motifs is 1. The van der Waals surface area contributed by atoms with Gasteiger partial charge in [-0.2, -0.15) is 0 Å². The summed E-state index contributed by atoms with van der Waals surface area (Å²) in [5.74, 6) is 1.94. The lowest BCUT2D eigenvalue weighted by atomic mass is 9.80. The number of ether oxygens (including phenoxy) is 4. The van der Waals surface area contributed by atoms with Crippen LogP contribution >= 0.6 is 0 Å². The van der Waals surface area contributed by atoms with E-state index in [1.807, 2.05) is 96.9 Å². The monoisotopic (exact) mass is 689 g/mol. The number of carbonyl (C=O) groups is 1. The molecule has 12 heteroatoms. The van der Waals surface area contributed by atoms with Crippen LogP contribution in [0.15, 0.2) is 121 Å². The van der Waals surface area contributed by atoms with E-state index in [9.17, 15) is 15.0 Å². The molecule has 262 valence electrons. The van der Waals surface area contributed by atoms with Crippen LogP contribution in [0.1, 0.15) is 39.0 Å². The van der Waals surface area contributed by atoms with Crippen LogP contribution in [0.5, 0.6) is 11.5 Å². The second-order valence-corrected chi connectivity index (χ2v) is 12.4. The fraction of sp³-hybridized carbons (Fsp3) is 0.256. The van der Waals surface area contributed by atoms with Crippen LogP contribution < -0.4 is 19.7 Å². The number of methoxy groups -OCH3 is 2. The van der Waals surface area contributed by atoms with Crippen molar-refractivity contribution in [3.8, 4) is 11.5 Å². The number of carbonyl (C=O) groups excluding carboxylic acids is 1. The Hall–Kier alpha value is -5.53. The second kappa shape index (κ2) is 14.4. The number of imidazole rings is 1. The van der Waals surface area contributed by atoms with Gasteiger partial charge in [0.15, 0.2) is 12.1 Å². The Labute approximate surface area is 295 Å². The zero-order valence-electron chi connectivity index (χ0n) is 28.4. The maximum Gasteiger partial charge on any atom is 0.256 e. The first-order chi connectivity index (χ1) is 24.8. The van der Waals surface area contributed by atoms with Gasteiger partial charge in [0.05, 0.1) is 27.2 Å². The number of benzene rings is 4. The molecular formula is C39H39N5O7. The SMILES string of the molecule is COc1ccc(C(OC[C@H]2O[C@@H](n3cnc4c3N(C)CN=C4NC(=O)c3ccccc3)C(O)[C@H]2O)(c2ccccc2)c2ccc(OC)cc2)cc1. The van der Waals surface area contributed by atoms with Crippen molar-refractivity contribution in [3.63, 3.8) is 0 Å². The summed E-state index contributed by atoms with van der Waals surface area (Å²) in [7, 11) is 5.06. The lowest BCUT2D eigenvalue weighted by Crippen LogP contribution is -2.39. The summed E-state index contributed by atoms with van der Waals surface area (Å²) in [6, 6.07) is 33.9. The number of anilines is 1. The number of aromatic nitrogens is 2. The lowest BCUT2D eigenvalue weighted by Gasteiger charge is -2.37. The predicted octanol–water partition coefficient (Wildman–Crippen LogP) is 4.11. The van der Waals surface area contributed by atoms with Crippen molar-refractivity contribution < 1.29 is 34.0 Å². The molecular weight excluding hydrogens is 650 g/mol. The van der Waals surface area contributed by atoms with Gasteiger partial charge in [0.2, 0.25) is 0 Å². The van der Waals surface area contributed by atoms with Gasteiger partial charge in [0.25, 0.3) is 5.91 Å². The van der Waals surface area contributed by atoms with E-state index in [-0.39, 0.29) is 19.2 Å². The predicted molar refractivity (Wildman–Crippen MR) is 190 cm³/mol. The average Bonchev–Trinajstić information content (AvgIpc) is 3.75. The van der Waals surface area contributed by atoms with E-state index in [1.54, 1.807) is 43.1 Å². The molecule has 3 N–H and O–H groups in total. The molecule has 51 heavy (non-hydrogen) atoms. The van der Waals surface area contributed by atoms with Crippen LogP contribution in [0, 0.1) is 0 Å². The summed E-state index contributed by atoms with van der Waals surface area (Å²) in [5, 5.41) is 25.7. The Morgan fingerprint density at radius 3 is 2.00 bits per heavy atom. The minimum atomic E-state index is -1.32. The first-order valence-corrected chi connectivity index (χ1v) is 16.5. The van der Waals surface area contributed by atoms with Crippen molar-refractivity contribution in [2.75, 3.05) is 39.4 Å². The van der Waals surface area contributed by atoms with Gasteiger partial charge in [0.1, 0.15) is 53.6 Å². The van der Waals surface area contributed by atoms with E-state index in [1.165, 1.54) is 6.33 Å². The zero-order chi connectivity index (χ0) is 35.5. The third-order valence-electron chi connectivity index (χ3n) is 9.31. The maximum absolute atomic E-state index is 13.0. The number of aliphatic hydroxyl groups is 2. The van der Waals surface area contributed by atoms with Crippen LogP contribution in [0.3, 0.4) is 0 Å². The molecule has 4 aromatic carbocycles. The largest absolute Gasteiger partial charge is 0.497 e. The molecule has 2 aliphatic rings. The molecule has 5 aromatic rings. The van der Waals surface area contributed by atoms with Crippen LogP contribution in [0.2, 0.25) is 0 Å². The Kier molecular flexibility index (Phi) is 9.56. The number of aliphatic imine (C=N–C) groups is 1. The molecule has 0 saturated carbocycles. The molecule has 0 bridgehead atoms. The summed E-state index contributed by atoms with van der Waals surface area (Å²) >= 11 is 0. The van der Waals surface area contributed by atoms with Crippen LogP contribution in [0.25, 0.3) is 0 Å². The third kappa shape index (κ3) is 6.34. The van der Waals surface area contributed by atoms with E-state index < -0.39 is 30.1 Å². The molecule has 3 heterocycles. The molecule has 7 rings (SSSR count). The van der Waals surface area contributed by atoms with Gasteiger partial charge in [-0.25, -0.2) is 9.98 Å². The molecule has 1 fully saturated rings. The van der Waals surface area contributed by atoms with Crippen molar-refractivity contribution in [1.29, 1.82) is 0 Å². The summed E-state index contributed by atoms with van der Waals surface area (Å²) < 4.78 is 25.9. The second-order valence-electron chi connectivity index (χ2n) is 12.4. The van der Waals surface area contributed by atoms with E-state index in [2.05, 4.69) is 15.3 Å². The zero-order valence-corrected chi connectivity index (χ0v) is 28.4. The number of nitrogens with one attached hydrogen (secondary N) is 1. The molecule has 0 aliphatic carbocycles. The van der Waals surface area contributed by atoms with Crippen molar-refractivity contribution in [2.24, 2.45) is 4.99 Å². The third-order valence-corrected chi connectivity index (χ3v) is 9.31. The van der Waals surface area contributed by atoms with Gasteiger partial charge in [-0.05, 0) is 53.1 Å². The fourth-order valence-corrected chi connectivity index (χ4v) is 6.65. The highest BCUT2D eigenvalue weighted by atomic mass is 16.6. The van der Waals surface area contributed by atoms with Crippen molar-refractivity contribution in [3.05, 3.63) is 143 Å². The van der Waals surface area contributed by atoms with Gasteiger partial charge in [-0.3, -0.25) is 9.36 Å². The van der Waals surface area contributed by atoms with Gasteiger partial charge in [-0.15, -0.1) is 0 Å². The molecule has 0 spiro atoms. The highest BCUT2D eigenvalue weighted by Crippen LogP contribution is 2.43. The molecule has 0 radical (unpaired) electrons. The molecule has 1 saturated heterocycles. The van der Waals surface area contributed by atoms with E-state index >= 15 is 0 Å². The minimum Gasteiger partial charge on any atom is -0.497 e. The summed E-state index contributed by atoms with van der Waals surface area (Å²) in [4.78, 5) is 23.9. The van der Waals surface area contributed by atoms with Crippen LogP contribution in [0.4, 0.5) is 5.82 Å². The number of nitrogens with zero attached hydrogens (tertiary/aromatic N) is 4. The fourth-order valence-electron chi connectivity index (χ4n) is 6.65. The molecule has 1 unspecified atom stereocenters. The highest BCUT2D eigenvalue weighted by molar-refractivity contribution is 6.14. The van der Waals surface area contributed by atoms with Gasteiger partial charge in [-0.1, -0.05) is 72.8 Å². The number of rotatable bonds is 10. The standard InChI is InChI=1S/C39H39N5O7/c1-43-23-41-35(42-36(47)25-10-6-4-7-11-25)32-37(43)44(24-40-32)38-34(46)33(45)31(51-38)22-50-39(26-12-8-5-9-13-26,27-14-18-29(48-2)19-15-27)28-16-20-30(49-3)21-17-28/h4-21,24,31,33-34,38,45-46H,22-23H2,1-3H3,(H,41,42,47)/t31-,33+,34?,38-/m1/s1. The van der Waals surface area contributed by atoms with Gasteiger partial charge < -0.3 is 39.4 Å². The van der Waals surface area contributed by atoms with Crippen molar-refractivity contribution >= 4 is 17.6 Å². The van der Waals surface area contributed by atoms with Gasteiger partial charge in [0, 0.05) is 12.6 Å². The Morgan fingerprint density at radius 1 is 0.843 bits per heavy atom. The van der Waals surface area contributed by atoms with Gasteiger partial charge >= 0.3 is 0 Å². The number of hydrogen-bond donors (Lipinski definition) is 3. The molecule has 1 aromatic heterocycles. The summed E-state index contributed by atoms with van der Waals surface area (Å²) in [5.41, 5.74) is 2.23. The van der Waals surface area contributed by atoms with E-state index in [0.717, 1.165) is 16.7 Å². The number of hydrogen-bond acceptors (Lipinski definition) is 10. The van der Waals surface area contributed by atoms with Crippen molar-refractivity contribution in [1.82, 2.24) is 14.9 Å². The minimum absolute atomic E-state index is 0.0890. The van der Waals surface area contributed by atoms with E-state index in [0.29, 0.717) is 34.4 Å². The average molecular weight is 690 g/mol. The Morgan fingerprint density at radius 2 is 1.41 bits per heavy atom. The number of amidine groups is 1. The molecule has 1 amide bonds. The van der Waals surface area contributed by atoms with Crippen molar-refractivity contribution in [2.45, 2.75) is 30.1 Å². The smallest absolute Gasteiger partial charge is 0.256 e. The normalized spacial score (nSPS) is 20.0. The molecule has 4 atom stereocenters. The first kappa shape index (κ1) is 33.9. The topological polar surface area (TPSA) is 140 Å². The molecule has 2 aliphatic heterocycles. The first-order valence-electron chi connectivity index (χ1n) is 16.5. The summed E-state index contributed by atoms with van der Waals surface area (Å²) in [6.07, 6.45) is -3.04.